The summed E-state index contributed by atoms with van der Waals surface area (Å²) < 4.78 is 50.1. The van der Waals surface area contributed by atoms with Gasteiger partial charge < -0.3 is 5.32 Å². The second kappa shape index (κ2) is 6.52. The monoisotopic (exact) mass is 327 g/mol. The van der Waals surface area contributed by atoms with Crippen LogP contribution in [0.2, 0.25) is 0 Å². The molecule has 1 unspecified atom stereocenters. The molecule has 1 rings (SSSR count). The zero-order valence-corrected chi connectivity index (χ0v) is 11.4. The molecule has 1 atom stereocenters. The van der Waals surface area contributed by atoms with Gasteiger partial charge in [-0.2, -0.15) is 13.2 Å². The highest BCUT2D eigenvalue weighted by atomic mass is 79.9. The molecule has 1 N–H and O–H groups in total. The maximum absolute atomic E-state index is 13.1. The topological polar surface area (TPSA) is 12.0 Å². The molecule has 6 heteroatoms. The van der Waals surface area contributed by atoms with Crippen LogP contribution in [0.5, 0.6) is 0 Å². The third kappa shape index (κ3) is 5.82. The van der Waals surface area contributed by atoms with Gasteiger partial charge in [-0.15, -0.1) is 0 Å². The molecule has 1 aromatic rings. The molecule has 0 aliphatic heterocycles. The lowest BCUT2D eigenvalue weighted by atomic mass is 10.0. The number of alkyl halides is 3. The summed E-state index contributed by atoms with van der Waals surface area (Å²) in [5, 5.41) is 2.82. The van der Waals surface area contributed by atoms with Crippen LogP contribution in [0.3, 0.4) is 0 Å². The van der Waals surface area contributed by atoms with Crippen molar-refractivity contribution in [3.8, 4) is 0 Å². The van der Waals surface area contributed by atoms with E-state index in [4.69, 9.17) is 0 Å². The minimum Gasteiger partial charge on any atom is -0.317 e. The van der Waals surface area contributed by atoms with Crippen LogP contribution in [0.4, 0.5) is 17.6 Å². The molecule has 0 aliphatic rings. The number of halogens is 5. The van der Waals surface area contributed by atoms with Gasteiger partial charge in [0.05, 0.1) is 0 Å². The molecule has 18 heavy (non-hydrogen) atoms. The maximum atomic E-state index is 13.1. The Morgan fingerprint density at radius 2 is 1.94 bits per heavy atom. The molecule has 0 radical (unpaired) electrons. The summed E-state index contributed by atoms with van der Waals surface area (Å²) in [6, 6.07) is 4.04. The molecule has 0 aliphatic carbocycles. The summed E-state index contributed by atoms with van der Waals surface area (Å²) in [5.74, 6) is -0.398. The molecule has 0 saturated carbocycles. The van der Waals surface area contributed by atoms with Gasteiger partial charge in [0.2, 0.25) is 0 Å². The summed E-state index contributed by atoms with van der Waals surface area (Å²) in [6.07, 6.45) is -4.65. The molecule has 0 bridgehead atoms. The van der Waals surface area contributed by atoms with Crippen LogP contribution in [0.25, 0.3) is 0 Å². The highest BCUT2D eigenvalue weighted by molar-refractivity contribution is 9.10. The lowest BCUT2D eigenvalue weighted by Gasteiger charge is -2.17. The van der Waals surface area contributed by atoms with Gasteiger partial charge in [-0.3, -0.25) is 0 Å². The zero-order valence-electron chi connectivity index (χ0n) is 9.82. The van der Waals surface area contributed by atoms with E-state index in [2.05, 4.69) is 21.2 Å². The first-order chi connectivity index (χ1) is 8.30. The van der Waals surface area contributed by atoms with Crippen molar-refractivity contribution >= 4 is 15.9 Å². The van der Waals surface area contributed by atoms with Gasteiger partial charge >= 0.3 is 6.18 Å². The molecular formula is C12H14BrF4N. The Balaban J connectivity index is 2.62. The zero-order chi connectivity index (χ0) is 13.8. The normalized spacial score (nSPS) is 13.7. The lowest BCUT2D eigenvalue weighted by molar-refractivity contribution is -0.136. The van der Waals surface area contributed by atoms with E-state index >= 15 is 0 Å². The third-order valence-corrected chi connectivity index (χ3v) is 3.05. The van der Waals surface area contributed by atoms with Crippen molar-refractivity contribution in [2.75, 3.05) is 7.05 Å². The summed E-state index contributed by atoms with van der Waals surface area (Å²) in [4.78, 5) is 0. The Bertz CT molecular complexity index is 372. The van der Waals surface area contributed by atoms with Gasteiger partial charge in [0.25, 0.3) is 0 Å². The maximum Gasteiger partial charge on any atom is 0.389 e. The Hall–Kier alpha value is -0.620. The van der Waals surface area contributed by atoms with Crippen LogP contribution in [-0.4, -0.2) is 19.3 Å². The van der Waals surface area contributed by atoms with Crippen LogP contribution in [0, 0.1) is 5.82 Å². The van der Waals surface area contributed by atoms with Gasteiger partial charge in [0, 0.05) is 16.9 Å². The van der Waals surface area contributed by atoms with Crippen molar-refractivity contribution < 1.29 is 17.6 Å². The first-order valence-electron chi connectivity index (χ1n) is 5.49. The second-order valence-electron chi connectivity index (χ2n) is 4.12. The number of rotatable bonds is 5. The highest BCUT2D eigenvalue weighted by Gasteiger charge is 2.28. The standard InChI is InChI=1S/C12H14BrF4N/c1-18-11(2-3-12(15,16)17)6-8-4-9(13)7-10(14)5-8/h4-5,7,11,18H,2-3,6H2,1H3. The average Bonchev–Trinajstić information content (AvgIpc) is 2.21. The molecule has 0 amide bonds. The molecule has 0 heterocycles. The molecule has 0 spiro atoms. The highest BCUT2D eigenvalue weighted by Crippen LogP contribution is 2.23. The Morgan fingerprint density at radius 3 is 2.44 bits per heavy atom. The van der Waals surface area contributed by atoms with E-state index < -0.39 is 18.4 Å². The molecule has 1 aromatic carbocycles. The fraction of sp³-hybridized carbons (Fsp3) is 0.500. The van der Waals surface area contributed by atoms with E-state index in [0.717, 1.165) is 0 Å². The fourth-order valence-corrected chi connectivity index (χ4v) is 2.21. The number of hydrogen-bond donors (Lipinski definition) is 1. The molecule has 0 fully saturated rings. The predicted octanol–water partition coefficient (Wildman–Crippen LogP) is 4.06. The molecule has 1 nitrogen and oxygen atoms in total. The van der Waals surface area contributed by atoms with Crippen molar-refractivity contribution in [1.29, 1.82) is 0 Å². The molecular weight excluding hydrogens is 314 g/mol. The van der Waals surface area contributed by atoms with E-state index in [1.807, 2.05) is 0 Å². The van der Waals surface area contributed by atoms with Gasteiger partial charge in [0.15, 0.2) is 0 Å². The summed E-state index contributed by atoms with van der Waals surface area (Å²) >= 11 is 3.16. The Morgan fingerprint density at radius 1 is 1.28 bits per heavy atom. The molecule has 0 aromatic heterocycles. The van der Waals surface area contributed by atoms with Crippen molar-refractivity contribution in [2.24, 2.45) is 0 Å². The van der Waals surface area contributed by atoms with E-state index in [0.29, 0.717) is 16.5 Å². The SMILES string of the molecule is CNC(CCC(F)(F)F)Cc1cc(F)cc(Br)c1. The van der Waals surface area contributed by atoms with Gasteiger partial charge in [-0.1, -0.05) is 15.9 Å². The van der Waals surface area contributed by atoms with Gasteiger partial charge in [-0.25, -0.2) is 4.39 Å². The largest absolute Gasteiger partial charge is 0.389 e. The van der Waals surface area contributed by atoms with Crippen LogP contribution in [0.15, 0.2) is 22.7 Å². The first-order valence-corrected chi connectivity index (χ1v) is 6.28. The van der Waals surface area contributed by atoms with Crippen LogP contribution in [0.1, 0.15) is 18.4 Å². The van der Waals surface area contributed by atoms with Crippen LogP contribution in [-0.2, 0) is 6.42 Å². The number of nitrogens with one attached hydrogen (secondary N) is 1. The Labute approximate surface area is 112 Å². The smallest absolute Gasteiger partial charge is 0.317 e. The van der Waals surface area contributed by atoms with Crippen LogP contribution < -0.4 is 5.32 Å². The van der Waals surface area contributed by atoms with Crippen molar-refractivity contribution in [2.45, 2.75) is 31.5 Å². The number of likely N-dealkylation sites (N-methyl/N-ethyl adjacent to an activating group) is 1. The van der Waals surface area contributed by atoms with Crippen molar-refractivity contribution in [3.63, 3.8) is 0 Å². The third-order valence-electron chi connectivity index (χ3n) is 2.59. The minimum atomic E-state index is -4.16. The van der Waals surface area contributed by atoms with Gasteiger partial charge in [-0.05, 0) is 43.7 Å². The summed E-state index contributed by atoms with van der Waals surface area (Å²) in [5.41, 5.74) is 0.670. The quantitative estimate of drug-likeness (QED) is 0.804. The second-order valence-corrected chi connectivity index (χ2v) is 5.04. The number of benzene rings is 1. The van der Waals surface area contributed by atoms with Gasteiger partial charge in [0.1, 0.15) is 5.82 Å². The number of hydrogen-bond acceptors (Lipinski definition) is 1. The van der Waals surface area contributed by atoms with Crippen molar-refractivity contribution in [3.05, 3.63) is 34.1 Å². The predicted molar refractivity (Wildman–Crippen MR) is 65.9 cm³/mol. The average molecular weight is 328 g/mol. The van der Waals surface area contributed by atoms with E-state index in [1.54, 1.807) is 13.1 Å². The minimum absolute atomic E-state index is 0.0197. The summed E-state index contributed by atoms with van der Waals surface area (Å²) in [6.45, 7) is 0. The van der Waals surface area contributed by atoms with E-state index in [-0.39, 0.29) is 12.5 Å². The molecule has 102 valence electrons. The Kier molecular flexibility index (Phi) is 5.59. The van der Waals surface area contributed by atoms with E-state index in [1.165, 1.54) is 12.1 Å². The lowest BCUT2D eigenvalue weighted by Crippen LogP contribution is -2.29. The van der Waals surface area contributed by atoms with E-state index in [9.17, 15) is 17.6 Å². The first kappa shape index (κ1) is 15.4. The van der Waals surface area contributed by atoms with Crippen molar-refractivity contribution in [1.82, 2.24) is 5.32 Å². The molecule has 0 saturated heterocycles. The fourth-order valence-electron chi connectivity index (χ4n) is 1.70. The summed E-state index contributed by atoms with van der Waals surface area (Å²) in [7, 11) is 1.61. The van der Waals surface area contributed by atoms with Crippen LogP contribution >= 0.6 is 15.9 Å².